The number of anilines is 1. The smallest absolute Gasteiger partial charge is 0.413 e. The number of amides is 3. The summed E-state index contributed by atoms with van der Waals surface area (Å²) in [6, 6.07) is 0. The Kier molecular flexibility index (Phi) is 7.93. The average Bonchev–Trinajstić information content (AvgIpc) is 3.08. The second-order valence-electron chi connectivity index (χ2n) is 7.71. The number of aromatic amines is 1. The van der Waals surface area contributed by atoms with Gasteiger partial charge in [-0.3, -0.25) is 24.7 Å². The standard InChI is InChI=1S/C18H25N7O8/c1-18(2,3)33-16(30)19-5-6-24(8-11(27)28)10(26)7-25-9-20-12-13(25)21-15(22-14(12)29)23-17(31)32-4/h9H,5-8H2,1-4H3,(H,19,30)(H,27,28)(H2,21,22,23,29,31). The number of imidazole rings is 1. The molecule has 180 valence electrons. The topological polar surface area (TPSA) is 198 Å². The van der Waals surface area contributed by atoms with Gasteiger partial charge in [0, 0.05) is 13.1 Å². The van der Waals surface area contributed by atoms with Gasteiger partial charge in [0.05, 0.1) is 13.4 Å². The maximum absolute atomic E-state index is 12.8. The van der Waals surface area contributed by atoms with E-state index in [0.29, 0.717) is 0 Å². The first-order valence-electron chi connectivity index (χ1n) is 9.66. The van der Waals surface area contributed by atoms with Crippen LogP contribution in [0.2, 0.25) is 0 Å². The lowest BCUT2D eigenvalue weighted by atomic mass is 10.2. The Balaban J connectivity index is 2.14. The van der Waals surface area contributed by atoms with E-state index in [-0.39, 0.29) is 30.2 Å². The number of nitrogens with zero attached hydrogens (tertiary/aromatic N) is 4. The van der Waals surface area contributed by atoms with Gasteiger partial charge >= 0.3 is 18.2 Å². The third-order valence-electron chi connectivity index (χ3n) is 3.92. The van der Waals surface area contributed by atoms with Crippen molar-refractivity contribution >= 4 is 41.2 Å². The molecule has 0 aliphatic rings. The molecule has 0 fully saturated rings. The predicted molar refractivity (Wildman–Crippen MR) is 113 cm³/mol. The normalized spacial score (nSPS) is 11.0. The first-order chi connectivity index (χ1) is 15.4. The van der Waals surface area contributed by atoms with Gasteiger partial charge in [0.1, 0.15) is 18.7 Å². The van der Waals surface area contributed by atoms with Gasteiger partial charge in [-0.2, -0.15) is 4.98 Å². The summed E-state index contributed by atoms with van der Waals surface area (Å²) in [5.74, 6) is -2.11. The van der Waals surface area contributed by atoms with Gasteiger partial charge in [-0.15, -0.1) is 0 Å². The van der Waals surface area contributed by atoms with Gasteiger partial charge in [0.25, 0.3) is 5.56 Å². The molecule has 0 atom stereocenters. The number of hydrogen-bond acceptors (Lipinski definition) is 9. The van der Waals surface area contributed by atoms with Crippen molar-refractivity contribution < 1.29 is 33.8 Å². The minimum atomic E-state index is -1.25. The van der Waals surface area contributed by atoms with Crippen LogP contribution in [0.5, 0.6) is 0 Å². The summed E-state index contributed by atoms with van der Waals surface area (Å²) in [5.41, 5.74) is -1.48. The number of alkyl carbamates (subject to hydrolysis) is 1. The van der Waals surface area contributed by atoms with E-state index < -0.39 is 48.3 Å². The van der Waals surface area contributed by atoms with Gasteiger partial charge in [0.2, 0.25) is 11.9 Å². The molecule has 0 aliphatic carbocycles. The highest BCUT2D eigenvalue weighted by molar-refractivity contribution is 5.84. The first kappa shape index (κ1) is 25.1. The van der Waals surface area contributed by atoms with Gasteiger partial charge in [-0.1, -0.05) is 0 Å². The van der Waals surface area contributed by atoms with Crippen LogP contribution in [-0.2, 0) is 25.6 Å². The molecule has 0 aliphatic heterocycles. The zero-order valence-corrected chi connectivity index (χ0v) is 18.5. The maximum atomic E-state index is 12.8. The number of carboxylic acids is 1. The number of nitrogens with one attached hydrogen (secondary N) is 3. The number of aromatic nitrogens is 4. The minimum Gasteiger partial charge on any atom is -0.480 e. The van der Waals surface area contributed by atoms with Gasteiger partial charge in [-0.05, 0) is 20.8 Å². The lowest BCUT2D eigenvalue weighted by Gasteiger charge is -2.23. The van der Waals surface area contributed by atoms with Gasteiger partial charge in [0.15, 0.2) is 11.2 Å². The number of hydrogen-bond donors (Lipinski definition) is 4. The molecule has 4 N–H and O–H groups in total. The Morgan fingerprint density at radius 3 is 2.55 bits per heavy atom. The number of aliphatic carboxylic acids is 1. The molecule has 0 saturated heterocycles. The molecule has 2 aromatic rings. The highest BCUT2D eigenvalue weighted by Gasteiger charge is 2.21. The Morgan fingerprint density at radius 2 is 1.94 bits per heavy atom. The molecule has 3 amide bonds. The van der Waals surface area contributed by atoms with Crippen LogP contribution in [0.1, 0.15) is 20.8 Å². The van der Waals surface area contributed by atoms with Crippen molar-refractivity contribution in [1.29, 1.82) is 0 Å². The van der Waals surface area contributed by atoms with Crippen LogP contribution >= 0.6 is 0 Å². The summed E-state index contributed by atoms with van der Waals surface area (Å²) in [4.78, 5) is 70.5. The number of fused-ring (bicyclic) bond motifs is 1. The summed E-state index contributed by atoms with van der Waals surface area (Å²) in [5, 5.41) is 13.8. The number of methoxy groups -OCH3 is 1. The second kappa shape index (κ2) is 10.4. The second-order valence-corrected chi connectivity index (χ2v) is 7.71. The molecule has 0 saturated carbocycles. The quantitative estimate of drug-likeness (QED) is 0.401. The largest absolute Gasteiger partial charge is 0.480 e. The van der Waals surface area contributed by atoms with E-state index in [0.717, 1.165) is 12.0 Å². The fraction of sp³-hybridized carbons (Fsp3) is 0.500. The number of carbonyl (C=O) groups is 4. The van der Waals surface area contributed by atoms with Crippen molar-refractivity contribution in [3.63, 3.8) is 0 Å². The molecule has 0 aromatic carbocycles. The van der Waals surface area contributed by atoms with E-state index in [4.69, 9.17) is 9.84 Å². The number of H-pyrrole nitrogens is 1. The van der Waals surface area contributed by atoms with Crippen LogP contribution in [-0.4, -0.2) is 85.9 Å². The van der Waals surface area contributed by atoms with Gasteiger partial charge < -0.3 is 29.4 Å². The van der Waals surface area contributed by atoms with Crippen molar-refractivity contribution in [3.8, 4) is 0 Å². The van der Waals surface area contributed by atoms with Crippen LogP contribution in [0.15, 0.2) is 11.1 Å². The Hall–Kier alpha value is -4.17. The van der Waals surface area contributed by atoms with E-state index in [9.17, 15) is 24.0 Å². The minimum absolute atomic E-state index is 0.0133. The molecule has 0 radical (unpaired) electrons. The van der Waals surface area contributed by atoms with E-state index in [1.807, 2.05) is 0 Å². The van der Waals surface area contributed by atoms with E-state index in [2.05, 4.69) is 30.3 Å². The molecule has 0 spiro atoms. The fourth-order valence-corrected chi connectivity index (χ4v) is 2.58. The summed E-state index contributed by atoms with van der Waals surface area (Å²) in [7, 11) is 1.13. The molecule has 0 bridgehead atoms. The summed E-state index contributed by atoms with van der Waals surface area (Å²) in [6.07, 6.45) is -0.394. The number of rotatable bonds is 8. The molecule has 2 rings (SSSR count). The van der Waals surface area contributed by atoms with E-state index in [1.54, 1.807) is 20.8 Å². The molecule has 2 aromatic heterocycles. The Bertz CT molecular complexity index is 1100. The first-order valence-corrected chi connectivity index (χ1v) is 9.66. The molecular weight excluding hydrogens is 442 g/mol. The van der Waals surface area contributed by atoms with E-state index >= 15 is 0 Å². The lowest BCUT2D eigenvalue weighted by Crippen LogP contribution is -2.43. The predicted octanol–water partition coefficient (Wildman–Crippen LogP) is -0.264. The van der Waals surface area contributed by atoms with Crippen LogP contribution < -0.4 is 16.2 Å². The van der Waals surface area contributed by atoms with Crippen molar-refractivity contribution in [2.75, 3.05) is 32.1 Å². The molecule has 2 heterocycles. The fourth-order valence-electron chi connectivity index (χ4n) is 2.58. The Morgan fingerprint density at radius 1 is 1.24 bits per heavy atom. The van der Waals surface area contributed by atoms with Crippen molar-refractivity contribution in [2.45, 2.75) is 32.9 Å². The third-order valence-corrected chi connectivity index (χ3v) is 3.92. The van der Waals surface area contributed by atoms with Crippen LogP contribution in [0, 0.1) is 0 Å². The van der Waals surface area contributed by atoms with Crippen molar-refractivity contribution in [2.24, 2.45) is 0 Å². The maximum Gasteiger partial charge on any atom is 0.413 e. The number of ether oxygens (including phenoxy) is 2. The number of carboxylic acid groups (broad SMARTS) is 1. The molecule has 15 nitrogen and oxygen atoms in total. The highest BCUT2D eigenvalue weighted by Crippen LogP contribution is 2.09. The monoisotopic (exact) mass is 467 g/mol. The summed E-state index contributed by atoms with van der Waals surface area (Å²) in [6.45, 7) is 3.88. The Labute approximate surface area is 187 Å². The van der Waals surface area contributed by atoms with Gasteiger partial charge in [-0.25, -0.2) is 14.6 Å². The molecule has 33 heavy (non-hydrogen) atoms. The molecule has 0 unspecified atom stereocenters. The third kappa shape index (κ3) is 7.48. The number of carbonyl (C=O) groups excluding carboxylic acids is 3. The summed E-state index contributed by atoms with van der Waals surface area (Å²) >= 11 is 0. The highest BCUT2D eigenvalue weighted by atomic mass is 16.6. The molecular formula is C18H25N7O8. The zero-order valence-electron chi connectivity index (χ0n) is 18.5. The molecule has 15 heteroatoms. The SMILES string of the molecule is COC(=O)Nc1nc2c(ncn2CC(=O)N(CCNC(=O)OC(C)(C)C)CC(=O)O)c(=O)[nH]1. The van der Waals surface area contributed by atoms with E-state index in [1.165, 1.54) is 10.9 Å². The van der Waals surface area contributed by atoms with Crippen molar-refractivity contribution in [3.05, 3.63) is 16.7 Å². The van der Waals surface area contributed by atoms with Crippen LogP contribution in [0.3, 0.4) is 0 Å². The zero-order chi connectivity index (χ0) is 24.8. The van der Waals surface area contributed by atoms with Crippen molar-refractivity contribution in [1.82, 2.24) is 29.7 Å². The average molecular weight is 467 g/mol. The lowest BCUT2D eigenvalue weighted by molar-refractivity contribution is -0.144. The van der Waals surface area contributed by atoms with Crippen LogP contribution in [0.25, 0.3) is 11.2 Å². The summed E-state index contributed by atoms with van der Waals surface area (Å²) < 4.78 is 10.8. The van der Waals surface area contributed by atoms with Crippen LogP contribution in [0.4, 0.5) is 15.5 Å².